The number of furan rings is 1. The van der Waals surface area contributed by atoms with E-state index in [1.807, 2.05) is 25.1 Å². The van der Waals surface area contributed by atoms with Crippen LogP contribution in [-0.2, 0) is 11.3 Å². The molecular weight excluding hydrogens is 432 g/mol. The number of nitrogens with zero attached hydrogens (tertiary/aromatic N) is 3. The van der Waals surface area contributed by atoms with Crippen molar-refractivity contribution in [3.8, 4) is 17.6 Å². The van der Waals surface area contributed by atoms with Crippen molar-refractivity contribution in [3.63, 3.8) is 0 Å². The highest BCUT2D eigenvalue weighted by Crippen LogP contribution is 2.27. The Morgan fingerprint density at radius 1 is 1.12 bits per heavy atom. The van der Waals surface area contributed by atoms with E-state index in [0.717, 1.165) is 10.9 Å². The molecule has 0 spiro atoms. The van der Waals surface area contributed by atoms with Gasteiger partial charge in [-0.2, -0.15) is 5.26 Å². The van der Waals surface area contributed by atoms with Gasteiger partial charge in [0, 0.05) is 11.1 Å². The van der Waals surface area contributed by atoms with Gasteiger partial charge in [0.05, 0.1) is 18.0 Å². The third-order valence-electron chi connectivity index (χ3n) is 5.36. The molecule has 0 unspecified atom stereocenters. The largest absolute Gasteiger partial charge is 0.457 e. The van der Waals surface area contributed by atoms with Gasteiger partial charge in [-0.05, 0) is 67.1 Å². The zero-order chi connectivity index (χ0) is 23.7. The molecule has 0 aliphatic rings. The van der Waals surface area contributed by atoms with Crippen molar-refractivity contribution in [1.29, 1.82) is 5.26 Å². The van der Waals surface area contributed by atoms with Gasteiger partial charge in [-0.15, -0.1) is 0 Å². The minimum absolute atomic E-state index is 0.122. The molecule has 1 amide bonds. The maximum atomic E-state index is 12.8. The summed E-state index contributed by atoms with van der Waals surface area (Å²) in [6, 6.07) is 21.4. The summed E-state index contributed by atoms with van der Waals surface area (Å²) in [5.41, 5.74) is 2.70. The highest BCUT2D eigenvalue weighted by Gasteiger charge is 2.15. The zero-order valence-electron chi connectivity index (χ0n) is 18.1. The highest BCUT2D eigenvalue weighted by atomic mass is 16.5. The van der Waals surface area contributed by atoms with Crippen molar-refractivity contribution in [2.24, 2.45) is 0 Å². The van der Waals surface area contributed by atoms with Crippen LogP contribution in [0.1, 0.15) is 11.1 Å². The molecule has 1 N–H and O–H groups in total. The molecule has 5 rings (SSSR count). The Balaban J connectivity index is 1.31. The number of anilines is 1. The van der Waals surface area contributed by atoms with Crippen LogP contribution in [0.2, 0.25) is 0 Å². The van der Waals surface area contributed by atoms with Gasteiger partial charge in [0.1, 0.15) is 29.1 Å². The number of rotatable bonds is 5. The summed E-state index contributed by atoms with van der Waals surface area (Å²) in [4.78, 5) is 29.8. The van der Waals surface area contributed by atoms with E-state index in [9.17, 15) is 9.59 Å². The standard InChI is InChI=1S/C26H18N4O4/c1-16-12-19(33-18-8-6-17(13-27)7-9-18)10-11-21(16)29-23(31)14-30-15-28-24-20-4-2-3-5-22(20)34-25(24)26(30)32/h2-12,15H,14H2,1H3,(H,29,31). The van der Waals surface area contributed by atoms with E-state index in [1.54, 1.807) is 48.5 Å². The van der Waals surface area contributed by atoms with Crippen LogP contribution in [0.5, 0.6) is 11.5 Å². The van der Waals surface area contributed by atoms with E-state index in [0.29, 0.717) is 33.8 Å². The molecule has 8 heteroatoms. The SMILES string of the molecule is Cc1cc(Oc2ccc(C#N)cc2)ccc1NC(=O)Cn1cnc2c(oc3ccccc32)c1=O. The predicted molar refractivity (Wildman–Crippen MR) is 127 cm³/mol. The number of aryl methyl sites for hydroxylation is 1. The van der Waals surface area contributed by atoms with E-state index in [4.69, 9.17) is 14.4 Å². The van der Waals surface area contributed by atoms with Gasteiger partial charge in [-0.1, -0.05) is 12.1 Å². The van der Waals surface area contributed by atoms with Crippen LogP contribution in [0.3, 0.4) is 0 Å². The summed E-state index contributed by atoms with van der Waals surface area (Å²) in [7, 11) is 0. The van der Waals surface area contributed by atoms with Crippen molar-refractivity contribution in [2.45, 2.75) is 13.5 Å². The van der Waals surface area contributed by atoms with Crippen molar-refractivity contribution in [2.75, 3.05) is 5.32 Å². The van der Waals surface area contributed by atoms with Gasteiger partial charge in [-0.25, -0.2) is 4.98 Å². The van der Waals surface area contributed by atoms with Crippen LogP contribution in [0, 0.1) is 18.3 Å². The third-order valence-corrected chi connectivity index (χ3v) is 5.36. The van der Waals surface area contributed by atoms with E-state index in [2.05, 4.69) is 16.4 Å². The normalized spacial score (nSPS) is 10.8. The second kappa shape index (κ2) is 8.56. The number of benzene rings is 3. The molecule has 2 aromatic heterocycles. The number of hydrogen-bond donors (Lipinski definition) is 1. The molecule has 0 saturated carbocycles. The minimum atomic E-state index is -0.417. The Bertz CT molecular complexity index is 1640. The fourth-order valence-electron chi connectivity index (χ4n) is 3.65. The van der Waals surface area contributed by atoms with Gasteiger partial charge in [0.2, 0.25) is 11.5 Å². The van der Waals surface area contributed by atoms with Crippen LogP contribution < -0.4 is 15.6 Å². The predicted octanol–water partition coefficient (Wildman–Crippen LogP) is 4.75. The van der Waals surface area contributed by atoms with Crippen LogP contribution in [0.25, 0.3) is 22.1 Å². The van der Waals surface area contributed by atoms with Gasteiger partial charge in [0.25, 0.3) is 5.56 Å². The zero-order valence-corrected chi connectivity index (χ0v) is 18.1. The topological polar surface area (TPSA) is 110 Å². The number of nitrogens with one attached hydrogen (secondary N) is 1. The second-order valence-electron chi connectivity index (χ2n) is 7.72. The number of nitriles is 1. The minimum Gasteiger partial charge on any atom is -0.457 e. The molecule has 0 saturated heterocycles. The fourth-order valence-corrected chi connectivity index (χ4v) is 3.65. The monoisotopic (exact) mass is 450 g/mol. The van der Waals surface area contributed by atoms with Gasteiger partial charge in [-0.3, -0.25) is 14.2 Å². The van der Waals surface area contributed by atoms with Crippen molar-refractivity contribution in [1.82, 2.24) is 9.55 Å². The van der Waals surface area contributed by atoms with Crippen molar-refractivity contribution >= 4 is 33.7 Å². The fraction of sp³-hybridized carbons (Fsp3) is 0.0769. The first-order valence-corrected chi connectivity index (χ1v) is 10.5. The Morgan fingerprint density at radius 2 is 1.88 bits per heavy atom. The maximum absolute atomic E-state index is 12.8. The summed E-state index contributed by atoms with van der Waals surface area (Å²) in [6.07, 6.45) is 1.35. The molecule has 0 aliphatic carbocycles. The maximum Gasteiger partial charge on any atom is 0.297 e. The second-order valence-corrected chi connectivity index (χ2v) is 7.72. The average Bonchev–Trinajstić information content (AvgIpc) is 3.23. The first kappa shape index (κ1) is 21.0. The lowest BCUT2D eigenvalue weighted by Crippen LogP contribution is -2.27. The number of para-hydroxylation sites is 1. The summed E-state index contributed by atoms with van der Waals surface area (Å²) in [5, 5.41) is 12.5. The molecule has 34 heavy (non-hydrogen) atoms. The highest BCUT2D eigenvalue weighted by molar-refractivity contribution is 6.01. The molecule has 0 atom stereocenters. The van der Waals surface area contributed by atoms with Crippen molar-refractivity contribution in [3.05, 3.63) is 94.5 Å². The van der Waals surface area contributed by atoms with Crippen LogP contribution in [-0.4, -0.2) is 15.5 Å². The number of carbonyl (C=O) groups is 1. The van der Waals surface area contributed by atoms with Crippen LogP contribution in [0.4, 0.5) is 5.69 Å². The van der Waals surface area contributed by atoms with E-state index >= 15 is 0 Å². The van der Waals surface area contributed by atoms with E-state index < -0.39 is 5.56 Å². The van der Waals surface area contributed by atoms with Gasteiger partial charge >= 0.3 is 0 Å². The molecule has 3 aromatic carbocycles. The average molecular weight is 450 g/mol. The van der Waals surface area contributed by atoms with Crippen molar-refractivity contribution < 1.29 is 13.9 Å². The smallest absolute Gasteiger partial charge is 0.297 e. The molecule has 5 aromatic rings. The van der Waals surface area contributed by atoms with Gasteiger partial charge < -0.3 is 14.5 Å². The summed E-state index contributed by atoms with van der Waals surface area (Å²) >= 11 is 0. The Morgan fingerprint density at radius 3 is 2.65 bits per heavy atom. The number of aromatic nitrogens is 2. The Kier molecular flexibility index (Phi) is 5.28. The Hall–Kier alpha value is -4.90. The van der Waals surface area contributed by atoms with Crippen LogP contribution in [0.15, 0.2) is 82.3 Å². The first-order chi connectivity index (χ1) is 16.5. The molecule has 166 valence electrons. The number of ether oxygens (including phenoxy) is 1. The van der Waals surface area contributed by atoms with E-state index in [1.165, 1.54) is 10.9 Å². The molecule has 0 aliphatic heterocycles. The molecule has 0 radical (unpaired) electrons. The molecule has 0 fully saturated rings. The number of fused-ring (bicyclic) bond motifs is 3. The number of hydrogen-bond acceptors (Lipinski definition) is 6. The third kappa shape index (κ3) is 3.98. The number of carbonyl (C=O) groups excluding carboxylic acids is 1. The Labute approximate surface area is 193 Å². The quantitative estimate of drug-likeness (QED) is 0.414. The molecule has 2 heterocycles. The lowest BCUT2D eigenvalue weighted by Gasteiger charge is -2.12. The van der Waals surface area contributed by atoms with Gasteiger partial charge in [0.15, 0.2) is 0 Å². The lowest BCUT2D eigenvalue weighted by atomic mass is 10.2. The molecular formula is C26H18N4O4. The van der Waals surface area contributed by atoms with Crippen LogP contribution >= 0.6 is 0 Å². The first-order valence-electron chi connectivity index (χ1n) is 10.5. The molecule has 8 nitrogen and oxygen atoms in total. The molecule has 0 bridgehead atoms. The van der Waals surface area contributed by atoms with E-state index in [-0.39, 0.29) is 18.0 Å². The summed E-state index contributed by atoms with van der Waals surface area (Å²) in [6.45, 7) is 1.64. The summed E-state index contributed by atoms with van der Waals surface area (Å²) in [5.74, 6) is 0.822. The lowest BCUT2D eigenvalue weighted by molar-refractivity contribution is -0.116. The number of amides is 1. The summed E-state index contributed by atoms with van der Waals surface area (Å²) < 4.78 is 12.7.